The fourth-order valence-electron chi connectivity index (χ4n) is 3.07. The summed E-state index contributed by atoms with van der Waals surface area (Å²) in [6.45, 7) is 3.73. The highest BCUT2D eigenvalue weighted by molar-refractivity contribution is 7.89. The van der Waals surface area contributed by atoms with Crippen molar-refractivity contribution < 1.29 is 18.3 Å². The lowest BCUT2D eigenvalue weighted by molar-refractivity contribution is 0.315. The van der Waals surface area contributed by atoms with Crippen LogP contribution in [0.2, 0.25) is 0 Å². The van der Waals surface area contributed by atoms with Crippen molar-refractivity contribution in [1.29, 1.82) is 0 Å². The Morgan fingerprint density at radius 1 is 1.14 bits per heavy atom. The van der Waals surface area contributed by atoms with E-state index in [2.05, 4.69) is 4.99 Å². The zero-order valence-electron chi connectivity index (χ0n) is 16.0. The van der Waals surface area contributed by atoms with Crippen LogP contribution in [-0.4, -0.2) is 43.7 Å². The molecule has 0 amide bonds. The maximum absolute atomic E-state index is 12.8. The number of hydrogen-bond acceptors (Lipinski definition) is 5. The van der Waals surface area contributed by atoms with Crippen LogP contribution in [0, 0.1) is 0 Å². The molecule has 0 aromatic heterocycles. The zero-order valence-corrected chi connectivity index (χ0v) is 16.9. The summed E-state index contributed by atoms with van der Waals surface area (Å²) in [6.07, 6.45) is 5.27. The Balaban J connectivity index is 1.77. The summed E-state index contributed by atoms with van der Waals surface area (Å²) in [6, 6.07) is 11.6. The van der Waals surface area contributed by atoms with E-state index in [1.807, 2.05) is 6.92 Å². The van der Waals surface area contributed by atoms with E-state index in [4.69, 9.17) is 4.74 Å². The summed E-state index contributed by atoms with van der Waals surface area (Å²) in [5.41, 5.74) is 1.05. The van der Waals surface area contributed by atoms with E-state index in [1.165, 1.54) is 6.21 Å². The van der Waals surface area contributed by atoms with Crippen molar-refractivity contribution in [2.24, 2.45) is 4.99 Å². The third-order valence-electron chi connectivity index (χ3n) is 4.60. The van der Waals surface area contributed by atoms with E-state index in [1.54, 1.807) is 46.8 Å². The Labute approximate surface area is 166 Å². The van der Waals surface area contributed by atoms with E-state index < -0.39 is 10.0 Å². The average Bonchev–Trinajstić information content (AvgIpc) is 2.72. The Kier molecular flexibility index (Phi) is 6.70. The number of rotatable bonds is 7. The second kappa shape index (κ2) is 9.21. The van der Waals surface area contributed by atoms with Crippen LogP contribution in [0.4, 0.5) is 5.69 Å². The zero-order chi connectivity index (χ0) is 20.0. The van der Waals surface area contributed by atoms with Crippen molar-refractivity contribution in [3.8, 4) is 11.5 Å². The molecule has 28 heavy (non-hydrogen) atoms. The standard InChI is InChI=1S/C21H26N2O4S/c1-2-13-27-19-10-9-17(21(24)15-19)16-22-18-7-6-8-20(14-18)28(25,26)23-11-4-3-5-12-23/h6-10,14-16,24H,2-5,11-13H2,1H3. The topological polar surface area (TPSA) is 79.2 Å². The van der Waals surface area contributed by atoms with Gasteiger partial charge in [0.25, 0.3) is 0 Å². The molecule has 1 heterocycles. The number of nitrogens with zero attached hydrogens (tertiary/aromatic N) is 2. The first kappa shape index (κ1) is 20.4. The highest BCUT2D eigenvalue weighted by Gasteiger charge is 2.25. The van der Waals surface area contributed by atoms with Crippen molar-refractivity contribution in [2.75, 3.05) is 19.7 Å². The number of benzene rings is 2. The normalized spacial score (nSPS) is 15.8. The number of piperidine rings is 1. The first-order chi connectivity index (χ1) is 13.5. The van der Waals surface area contributed by atoms with Crippen molar-refractivity contribution in [3.05, 3.63) is 48.0 Å². The molecule has 0 radical (unpaired) electrons. The van der Waals surface area contributed by atoms with Crippen LogP contribution in [0.1, 0.15) is 38.2 Å². The lowest BCUT2D eigenvalue weighted by Gasteiger charge is -2.25. The first-order valence-electron chi connectivity index (χ1n) is 9.61. The molecule has 150 valence electrons. The highest BCUT2D eigenvalue weighted by Crippen LogP contribution is 2.26. The van der Waals surface area contributed by atoms with Crippen molar-refractivity contribution in [3.63, 3.8) is 0 Å². The summed E-state index contributed by atoms with van der Waals surface area (Å²) >= 11 is 0. The second-order valence-corrected chi connectivity index (χ2v) is 8.73. The van der Waals surface area contributed by atoms with Crippen molar-refractivity contribution >= 4 is 21.9 Å². The molecule has 7 heteroatoms. The average molecular weight is 403 g/mol. The molecule has 0 aliphatic carbocycles. The third kappa shape index (κ3) is 4.91. The summed E-state index contributed by atoms with van der Waals surface area (Å²) in [5.74, 6) is 0.667. The monoisotopic (exact) mass is 402 g/mol. The van der Waals surface area contributed by atoms with Crippen molar-refractivity contribution in [1.82, 2.24) is 4.31 Å². The van der Waals surface area contributed by atoms with Gasteiger partial charge in [-0.1, -0.05) is 19.4 Å². The summed E-state index contributed by atoms with van der Waals surface area (Å²) < 4.78 is 32.7. The van der Waals surface area contributed by atoms with E-state index in [0.717, 1.165) is 25.7 Å². The molecular weight excluding hydrogens is 376 g/mol. The molecule has 0 spiro atoms. The maximum atomic E-state index is 12.8. The molecule has 1 aliphatic heterocycles. The lowest BCUT2D eigenvalue weighted by atomic mass is 10.2. The van der Waals surface area contributed by atoms with Gasteiger partial charge in [-0.25, -0.2) is 8.42 Å². The van der Waals surface area contributed by atoms with Gasteiger partial charge >= 0.3 is 0 Å². The Bertz CT molecular complexity index is 935. The van der Waals surface area contributed by atoms with Gasteiger partial charge in [-0.05, 0) is 49.6 Å². The molecule has 2 aromatic carbocycles. The van der Waals surface area contributed by atoms with Gasteiger partial charge in [0.1, 0.15) is 11.5 Å². The predicted octanol–water partition coefficient (Wildman–Crippen LogP) is 4.11. The van der Waals surface area contributed by atoms with Gasteiger partial charge in [0.15, 0.2) is 0 Å². The smallest absolute Gasteiger partial charge is 0.243 e. The minimum absolute atomic E-state index is 0.0643. The summed E-state index contributed by atoms with van der Waals surface area (Å²) in [7, 11) is -3.50. The minimum atomic E-state index is -3.50. The fraction of sp³-hybridized carbons (Fsp3) is 0.381. The van der Waals surface area contributed by atoms with Crippen LogP contribution in [0.15, 0.2) is 52.4 Å². The van der Waals surface area contributed by atoms with Crippen LogP contribution in [0.5, 0.6) is 11.5 Å². The molecule has 6 nitrogen and oxygen atoms in total. The SMILES string of the molecule is CCCOc1ccc(C=Nc2cccc(S(=O)(=O)N3CCCCC3)c2)c(O)c1. The first-order valence-corrected chi connectivity index (χ1v) is 11.0. The fourth-order valence-corrected chi connectivity index (χ4v) is 4.62. The van der Waals surface area contributed by atoms with E-state index in [9.17, 15) is 13.5 Å². The summed E-state index contributed by atoms with van der Waals surface area (Å²) in [4.78, 5) is 4.59. The minimum Gasteiger partial charge on any atom is -0.507 e. The van der Waals surface area contributed by atoms with Gasteiger partial charge in [-0.3, -0.25) is 4.99 Å². The molecule has 2 aromatic rings. The molecular formula is C21H26N2O4S. The lowest BCUT2D eigenvalue weighted by Crippen LogP contribution is -2.35. The number of sulfonamides is 1. The Morgan fingerprint density at radius 3 is 2.64 bits per heavy atom. The number of phenolic OH excluding ortho intramolecular Hbond substituents is 1. The van der Waals surface area contributed by atoms with Crippen molar-refractivity contribution in [2.45, 2.75) is 37.5 Å². The molecule has 1 fully saturated rings. The van der Waals surface area contributed by atoms with Gasteiger partial charge < -0.3 is 9.84 Å². The number of hydrogen-bond donors (Lipinski definition) is 1. The number of aliphatic imine (C=N–C) groups is 1. The molecule has 3 rings (SSSR count). The van der Waals surface area contributed by atoms with Gasteiger partial charge in [-0.15, -0.1) is 0 Å². The molecule has 0 unspecified atom stereocenters. The molecule has 1 N–H and O–H groups in total. The number of aromatic hydroxyl groups is 1. The van der Waals surface area contributed by atoms with Crippen LogP contribution >= 0.6 is 0 Å². The van der Waals surface area contributed by atoms with Gasteiger partial charge in [0, 0.05) is 30.9 Å². The van der Waals surface area contributed by atoms with E-state index >= 15 is 0 Å². The van der Waals surface area contributed by atoms with E-state index in [0.29, 0.717) is 36.7 Å². The van der Waals surface area contributed by atoms with Crippen LogP contribution < -0.4 is 4.74 Å². The predicted molar refractivity (Wildman–Crippen MR) is 110 cm³/mol. The molecule has 0 bridgehead atoms. The Morgan fingerprint density at radius 2 is 1.93 bits per heavy atom. The maximum Gasteiger partial charge on any atom is 0.243 e. The van der Waals surface area contributed by atoms with Gasteiger partial charge in [0.05, 0.1) is 17.2 Å². The molecule has 0 atom stereocenters. The molecule has 1 aliphatic rings. The highest BCUT2D eigenvalue weighted by atomic mass is 32.2. The third-order valence-corrected chi connectivity index (χ3v) is 6.49. The number of phenols is 1. The van der Waals surface area contributed by atoms with Gasteiger partial charge in [0.2, 0.25) is 10.0 Å². The van der Waals surface area contributed by atoms with Crippen LogP contribution in [-0.2, 0) is 10.0 Å². The van der Waals surface area contributed by atoms with E-state index in [-0.39, 0.29) is 10.6 Å². The number of ether oxygens (including phenoxy) is 1. The quantitative estimate of drug-likeness (QED) is 0.707. The second-order valence-electron chi connectivity index (χ2n) is 6.79. The van der Waals surface area contributed by atoms with Gasteiger partial charge in [-0.2, -0.15) is 4.31 Å². The Hall–Kier alpha value is -2.38. The molecule has 1 saturated heterocycles. The largest absolute Gasteiger partial charge is 0.507 e. The van der Waals surface area contributed by atoms with Crippen LogP contribution in [0.25, 0.3) is 0 Å². The van der Waals surface area contributed by atoms with Crippen LogP contribution in [0.3, 0.4) is 0 Å². The molecule has 0 saturated carbocycles. The summed E-state index contributed by atoms with van der Waals surface area (Å²) in [5, 5.41) is 10.1.